The van der Waals surface area contributed by atoms with Gasteiger partial charge in [0.25, 0.3) is 5.91 Å². The van der Waals surface area contributed by atoms with Crippen LogP contribution in [-0.4, -0.2) is 46.6 Å². The van der Waals surface area contributed by atoms with Gasteiger partial charge in [0.2, 0.25) is 5.91 Å². The van der Waals surface area contributed by atoms with Crippen LogP contribution >= 0.6 is 0 Å². The van der Waals surface area contributed by atoms with E-state index in [0.29, 0.717) is 36.2 Å². The highest BCUT2D eigenvalue weighted by Gasteiger charge is 2.27. The maximum absolute atomic E-state index is 12.9. The Balaban J connectivity index is 2.17. The molecular weight excluding hydrogens is 400 g/mol. The number of carbonyl (C=O) groups is 3. The Hall–Kier alpha value is -3.59. The number of aliphatic carboxylic acids is 1. The number of benzene rings is 2. The first-order valence-corrected chi connectivity index (χ1v) is 9.97. The van der Waals surface area contributed by atoms with Crippen molar-refractivity contribution in [2.75, 3.05) is 12.3 Å². The Morgan fingerprint density at radius 1 is 0.903 bits per heavy atom. The van der Waals surface area contributed by atoms with Gasteiger partial charge in [-0.25, -0.2) is 4.79 Å². The molecule has 2 amide bonds. The lowest BCUT2D eigenvalue weighted by Gasteiger charge is -2.22. The maximum Gasteiger partial charge on any atom is 0.326 e. The zero-order valence-electron chi connectivity index (χ0n) is 17.1. The molecule has 2 rings (SSSR count). The van der Waals surface area contributed by atoms with Crippen LogP contribution in [0, 0.1) is 0 Å². The number of anilines is 1. The van der Waals surface area contributed by atoms with Gasteiger partial charge in [0, 0.05) is 17.7 Å². The summed E-state index contributed by atoms with van der Waals surface area (Å²) in [5.74, 6) is -2.19. The van der Waals surface area contributed by atoms with Crippen molar-refractivity contribution in [2.24, 2.45) is 5.73 Å². The largest absolute Gasteiger partial charge is 0.508 e. The molecule has 0 aromatic heterocycles. The van der Waals surface area contributed by atoms with E-state index in [2.05, 4.69) is 10.6 Å². The first kappa shape index (κ1) is 23.7. The predicted molar refractivity (Wildman–Crippen MR) is 116 cm³/mol. The SMILES string of the molecule is NCCCCC(NC(=O)[C@H](Cc1ccc(O)cc1)NC(=O)c1ccc(N)cc1)C(=O)O. The number of phenolic OH excluding ortho intramolecular Hbond substituents is 1. The van der Waals surface area contributed by atoms with Gasteiger partial charge in [-0.3, -0.25) is 9.59 Å². The van der Waals surface area contributed by atoms with Gasteiger partial charge in [0.05, 0.1) is 0 Å². The number of nitrogen functional groups attached to an aromatic ring is 1. The topological polar surface area (TPSA) is 168 Å². The third kappa shape index (κ3) is 7.63. The van der Waals surface area contributed by atoms with Crippen LogP contribution in [0.25, 0.3) is 0 Å². The highest BCUT2D eigenvalue weighted by molar-refractivity contribution is 5.98. The molecule has 8 N–H and O–H groups in total. The molecule has 0 radical (unpaired) electrons. The van der Waals surface area contributed by atoms with Crippen LogP contribution in [0.1, 0.15) is 35.2 Å². The molecule has 0 bridgehead atoms. The summed E-state index contributed by atoms with van der Waals surface area (Å²) in [5.41, 5.74) is 12.6. The molecule has 0 aliphatic heterocycles. The molecule has 2 aromatic carbocycles. The highest BCUT2D eigenvalue weighted by atomic mass is 16.4. The number of amides is 2. The first-order valence-electron chi connectivity index (χ1n) is 9.97. The van der Waals surface area contributed by atoms with Gasteiger partial charge in [-0.15, -0.1) is 0 Å². The minimum absolute atomic E-state index is 0.0708. The molecule has 0 saturated heterocycles. The summed E-state index contributed by atoms with van der Waals surface area (Å²) in [6, 6.07) is 10.3. The lowest BCUT2D eigenvalue weighted by Crippen LogP contribution is -2.52. The average Bonchev–Trinajstić information content (AvgIpc) is 2.74. The minimum Gasteiger partial charge on any atom is -0.508 e. The molecule has 0 saturated carbocycles. The third-order valence-electron chi connectivity index (χ3n) is 4.73. The molecule has 31 heavy (non-hydrogen) atoms. The van der Waals surface area contributed by atoms with Gasteiger partial charge < -0.3 is 32.3 Å². The number of nitrogens with one attached hydrogen (secondary N) is 2. The Kier molecular flexibility index (Phi) is 8.83. The van der Waals surface area contributed by atoms with Gasteiger partial charge in [0.1, 0.15) is 17.8 Å². The van der Waals surface area contributed by atoms with E-state index in [-0.39, 0.29) is 18.6 Å². The Morgan fingerprint density at radius 2 is 1.55 bits per heavy atom. The number of unbranched alkanes of at least 4 members (excludes halogenated alkanes) is 1. The first-order chi connectivity index (χ1) is 14.8. The summed E-state index contributed by atoms with van der Waals surface area (Å²) >= 11 is 0. The van der Waals surface area contributed by atoms with Crippen LogP contribution in [0.3, 0.4) is 0 Å². The normalized spacial score (nSPS) is 12.5. The molecule has 0 spiro atoms. The van der Waals surface area contributed by atoms with Crippen LogP contribution in [0.2, 0.25) is 0 Å². The number of carboxylic acids is 1. The lowest BCUT2D eigenvalue weighted by atomic mass is 10.0. The number of carbonyl (C=O) groups excluding carboxylic acids is 2. The van der Waals surface area contributed by atoms with Crippen molar-refractivity contribution in [3.05, 3.63) is 59.7 Å². The minimum atomic E-state index is -1.15. The number of hydrogen-bond donors (Lipinski definition) is 6. The maximum atomic E-state index is 12.9. The molecule has 9 heteroatoms. The van der Waals surface area contributed by atoms with Crippen LogP contribution in [0.15, 0.2) is 48.5 Å². The van der Waals surface area contributed by atoms with E-state index < -0.39 is 29.9 Å². The van der Waals surface area contributed by atoms with Crippen molar-refractivity contribution < 1.29 is 24.6 Å². The smallest absolute Gasteiger partial charge is 0.326 e. The van der Waals surface area contributed by atoms with Gasteiger partial charge in [-0.1, -0.05) is 12.1 Å². The van der Waals surface area contributed by atoms with E-state index >= 15 is 0 Å². The van der Waals surface area contributed by atoms with Crippen molar-refractivity contribution in [1.82, 2.24) is 10.6 Å². The number of nitrogens with two attached hydrogens (primary N) is 2. The summed E-state index contributed by atoms with van der Waals surface area (Å²) in [6.45, 7) is 0.432. The van der Waals surface area contributed by atoms with Gasteiger partial charge in [0.15, 0.2) is 0 Å². The second-order valence-corrected chi connectivity index (χ2v) is 7.20. The molecule has 2 aromatic rings. The molecule has 0 aliphatic rings. The molecule has 0 fully saturated rings. The summed E-state index contributed by atoms with van der Waals surface area (Å²) in [7, 11) is 0. The fraction of sp³-hybridized carbons (Fsp3) is 0.318. The van der Waals surface area contributed by atoms with Crippen LogP contribution < -0.4 is 22.1 Å². The van der Waals surface area contributed by atoms with Gasteiger partial charge >= 0.3 is 5.97 Å². The second-order valence-electron chi connectivity index (χ2n) is 7.20. The quantitative estimate of drug-likeness (QED) is 0.229. The number of hydrogen-bond acceptors (Lipinski definition) is 6. The van der Waals surface area contributed by atoms with E-state index in [0.717, 1.165) is 0 Å². The average molecular weight is 428 g/mol. The molecular formula is C22H28N4O5. The Labute approximate surface area is 180 Å². The number of phenols is 1. The van der Waals surface area contributed by atoms with Crippen LogP contribution in [-0.2, 0) is 16.0 Å². The second kappa shape index (κ2) is 11.6. The van der Waals surface area contributed by atoms with Crippen molar-refractivity contribution in [3.8, 4) is 5.75 Å². The summed E-state index contributed by atoms with van der Waals surface area (Å²) in [5, 5.41) is 24.1. The van der Waals surface area contributed by atoms with Crippen molar-refractivity contribution in [3.63, 3.8) is 0 Å². The van der Waals surface area contributed by atoms with E-state index in [1.165, 1.54) is 24.3 Å². The molecule has 0 heterocycles. The zero-order chi connectivity index (χ0) is 22.8. The van der Waals surface area contributed by atoms with Crippen LogP contribution in [0.5, 0.6) is 5.75 Å². The molecule has 2 atom stereocenters. The van der Waals surface area contributed by atoms with Gasteiger partial charge in [-0.05, 0) is 67.8 Å². The molecule has 1 unspecified atom stereocenters. The van der Waals surface area contributed by atoms with Crippen LogP contribution in [0.4, 0.5) is 5.69 Å². The Bertz CT molecular complexity index is 884. The summed E-state index contributed by atoms with van der Waals surface area (Å²) in [6.07, 6.45) is 1.54. The number of rotatable bonds is 11. The standard InChI is InChI=1S/C22H28N4O5/c23-12-2-1-3-18(22(30)31)25-21(29)19(13-14-4-10-17(27)11-5-14)26-20(28)15-6-8-16(24)9-7-15/h4-11,18-19,27H,1-3,12-13,23-24H2,(H,25,29)(H,26,28)(H,30,31)/t18?,19-/m0/s1. The fourth-order valence-electron chi connectivity index (χ4n) is 2.98. The predicted octanol–water partition coefficient (Wildman–Crippen LogP) is 1.01. The lowest BCUT2D eigenvalue weighted by molar-refractivity contribution is -0.142. The Morgan fingerprint density at radius 3 is 2.13 bits per heavy atom. The highest BCUT2D eigenvalue weighted by Crippen LogP contribution is 2.13. The van der Waals surface area contributed by atoms with E-state index in [9.17, 15) is 24.6 Å². The van der Waals surface area contributed by atoms with Crippen molar-refractivity contribution >= 4 is 23.5 Å². The third-order valence-corrected chi connectivity index (χ3v) is 4.73. The summed E-state index contributed by atoms with van der Waals surface area (Å²) < 4.78 is 0. The molecule has 9 nitrogen and oxygen atoms in total. The zero-order valence-corrected chi connectivity index (χ0v) is 17.1. The molecule has 0 aliphatic carbocycles. The van der Waals surface area contributed by atoms with Crippen molar-refractivity contribution in [2.45, 2.75) is 37.8 Å². The molecule has 166 valence electrons. The monoisotopic (exact) mass is 428 g/mol. The van der Waals surface area contributed by atoms with Gasteiger partial charge in [-0.2, -0.15) is 0 Å². The summed E-state index contributed by atoms with van der Waals surface area (Å²) in [4.78, 5) is 37.1. The van der Waals surface area contributed by atoms with E-state index in [1.54, 1.807) is 24.3 Å². The fourth-order valence-corrected chi connectivity index (χ4v) is 2.98. The van der Waals surface area contributed by atoms with E-state index in [4.69, 9.17) is 11.5 Å². The number of carboxylic acid groups (broad SMARTS) is 1. The van der Waals surface area contributed by atoms with Crippen molar-refractivity contribution in [1.29, 1.82) is 0 Å². The number of aromatic hydroxyl groups is 1. The van der Waals surface area contributed by atoms with E-state index in [1.807, 2.05) is 0 Å².